The maximum Gasteiger partial charge on any atom is 0.204 e. The smallest absolute Gasteiger partial charge is 0.204 e. The van der Waals surface area contributed by atoms with Gasteiger partial charge in [0, 0.05) is 31.7 Å². The standard InChI is InChI=1S/C12H13IN2O2/c1-2-17-6-5-15-8-10(13)12(16)9-7-14-4-3-11(9)15/h3-4,7-8H,2,5-6H2,1H3. The molecule has 2 rings (SSSR count). The van der Waals surface area contributed by atoms with Gasteiger partial charge in [0.05, 0.1) is 21.1 Å². The zero-order valence-corrected chi connectivity index (χ0v) is 11.7. The second-order valence-electron chi connectivity index (χ2n) is 3.59. The van der Waals surface area contributed by atoms with Gasteiger partial charge in [0.15, 0.2) is 0 Å². The van der Waals surface area contributed by atoms with E-state index in [9.17, 15) is 4.79 Å². The first-order valence-electron chi connectivity index (χ1n) is 5.44. The van der Waals surface area contributed by atoms with Crippen molar-refractivity contribution in [1.82, 2.24) is 9.55 Å². The zero-order valence-electron chi connectivity index (χ0n) is 9.52. The van der Waals surface area contributed by atoms with Gasteiger partial charge in [0.2, 0.25) is 5.43 Å². The fourth-order valence-electron chi connectivity index (χ4n) is 1.70. The van der Waals surface area contributed by atoms with E-state index in [1.165, 1.54) is 0 Å². The van der Waals surface area contributed by atoms with Crippen LogP contribution in [-0.4, -0.2) is 22.8 Å². The molecule has 0 bridgehead atoms. The number of aromatic nitrogens is 2. The highest BCUT2D eigenvalue weighted by atomic mass is 127. The van der Waals surface area contributed by atoms with Gasteiger partial charge in [-0.1, -0.05) is 0 Å². The molecule has 0 saturated heterocycles. The Bertz CT molecular complexity index is 580. The minimum atomic E-state index is 0.0429. The lowest BCUT2D eigenvalue weighted by Gasteiger charge is -2.11. The van der Waals surface area contributed by atoms with E-state index in [1.54, 1.807) is 12.4 Å². The molecule has 0 saturated carbocycles. The quantitative estimate of drug-likeness (QED) is 0.630. The number of halogens is 1. The van der Waals surface area contributed by atoms with Crippen LogP contribution in [0.5, 0.6) is 0 Å². The summed E-state index contributed by atoms with van der Waals surface area (Å²) in [5.41, 5.74) is 0.950. The summed E-state index contributed by atoms with van der Waals surface area (Å²) in [4.78, 5) is 15.9. The van der Waals surface area contributed by atoms with Gasteiger partial charge in [0.1, 0.15) is 0 Å². The molecule has 0 fully saturated rings. The molecule has 0 amide bonds. The van der Waals surface area contributed by atoms with Gasteiger partial charge in [-0.3, -0.25) is 9.78 Å². The van der Waals surface area contributed by atoms with E-state index in [2.05, 4.69) is 27.6 Å². The predicted octanol–water partition coefficient (Wildman–Crippen LogP) is 2.04. The Morgan fingerprint density at radius 3 is 3.12 bits per heavy atom. The van der Waals surface area contributed by atoms with E-state index in [-0.39, 0.29) is 5.43 Å². The van der Waals surface area contributed by atoms with E-state index in [0.29, 0.717) is 22.2 Å². The van der Waals surface area contributed by atoms with Crippen LogP contribution in [0.2, 0.25) is 0 Å². The van der Waals surface area contributed by atoms with Crippen LogP contribution in [-0.2, 0) is 11.3 Å². The highest BCUT2D eigenvalue weighted by molar-refractivity contribution is 14.1. The van der Waals surface area contributed by atoms with E-state index in [0.717, 1.165) is 12.1 Å². The molecule has 4 nitrogen and oxygen atoms in total. The molecule has 0 spiro atoms. The van der Waals surface area contributed by atoms with Crippen LogP contribution in [0.1, 0.15) is 6.92 Å². The number of hydrogen-bond acceptors (Lipinski definition) is 3. The molecule has 0 N–H and O–H groups in total. The van der Waals surface area contributed by atoms with Crippen LogP contribution in [0.15, 0.2) is 29.5 Å². The number of rotatable bonds is 4. The molecule has 5 heteroatoms. The Balaban J connectivity index is 2.48. The zero-order chi connectivity index (χ0) is 12.3. The molecule has 2 aromatic rings. The Kier molecular flexibility index (Phi) is 4.11. The highest BCUT2D eigenvalue weighted by Crippen LogP contribution is 2.11. The fourth-order valence-corrected chi connectivity index (χ4v) is 2.33. The molecular weight excluding hydrogens is 331 g/mol. The number of ether oxygens (including phenoxy) is 1. The third-order valence-electron chi connectivity index (χ3n) is 2.52. The van der Waals surface area contributed by atoms with E-state index in [1.807, 2.05) is 23.8 Å². The number of nitrogens with zero attached hydrogens (tertiary/aromatic N) is 2. The first kappa shape index (κ1) is 12.5. The largest absolute Gasteiger partial charge is 0.380 e. The summed E-state index contributed by atoms with van der Waals surface area (Å²) in [7, 11) is 0. The normalized spacial score (nSPS) is 10.9. The van der Waals surface area contributed by atoms with Crippen molar-refractivity contribution in [2.45, 2.75) is 13.5 Å². The van der Waals surface area contributed by atoms with E-state index in [4.69, 9.17) is 4.74 Å². The predicted molar refractivity (Wildman–Crippen MR) is 75.2 cm³/mol. The summed E-state index contributed by atoms with van der Waals surface area (Å²) < 4.78 is 8.08. The summed E-state index contributed by atoms with van der Waals surface area (Å²) in [6.07, 6.45) is 5.19. The van der Waals surface area contributed by atoms with Crippen molar-refractivity contribution in [2.24, 2.45) is 0 Å². The van der Waals surface area contributed by atoms with Gasteiger partial charge in [-0.25, -0.2) is 0 Å². The molecule has 0 aliphatic rings. The summed E-state index contributed by atoms with van der Waals surface area (Å²) in [6, 6.07) is 1.86. The second kappa shape index (κ2) is 5.59. The van der Waals surface area contributed by atoms with E-state index >= 15 is 0 Å². The fraction of sp³-hybridized carbons (Fsp3) is 0.333. The van der Waals surface area contributed by atoms with Gasteiger partial charge in [-0.2, -0.15) is 0 Å². The van der Waals surface area contributed by atoms with Crippen LogP contribution < -0.4 is 5.43 Å². The van der Waals surface area contributed by atoms with Gasteiger partial charge in [-0.05, 0) is 35.6 Å². The van der Waals surface area contributed by atoms with E-state index < -0.39 is 0 Å². The molecule has 17 heavy (non-hydrogen) atoms. The average molecular weight is 344 g/mol. The molecular formula is C12H13IN2O2. The maximum atomic E-state index is 11.9. The molecule has 2 aromatic heterocycles. The molecule has 0 aliphatic carbocycles. The van der Waals surface area contributed by atoms with Crippen molar-refractivity contribution < 1.29 is 4.74 Å². The van der Waals surface area contributed by atoms with Crippen molar-refractivity contribution in [2.75, 3.05) is 13.2 Å². The Hall–Kier alpha value is -0.950. The second-order valence-corrected chi connectivity index (χ2v) is 4.75. The van der Waals surface area contributed by atoms with Gasteiger partial charge >= 0.3 is 0 Å². The minimum Gasteiger partial charge on any atom is -0.380 e. The molecule has 2 heterocycles. The summed E-state index contributed by atoms with van der Waals surface area (Å²) in [5, 5.41) is 0.663. The topological polar surface area (TPSA) is 44.1 Å². The van der Waals surface area contributed by atoms with Crippen LogP contribution in [0, 0.1) is 3.57 Å². The lowest BCUT2D eigenvalue weighted by Crippen LogP contribution is -2.15. The first-order chi connectivity index (χ1) is 8.24. The van der Waals surface area contributed by atoms with Crippen LogP contribution in [0.25, 0.3) is 10.9 Å². The summed E-state index contributed by atoms with van der Waals surface area (Å²) in [5.74, 6) is 0. The third-order valence-corrected chi connectivity index (χ3v) is 3.29. The van der Waals surface area contributed by atoms with Crippen molar-refractivity contribution in [1.29, 1.82) is 0 Å². The summed E-state index contributed by atoms with van der Waals surface area (Å²) >= 11 is 2.06. The Morgan fingerprint density at radius 1 is 1.53 bits per heavy atom. The lowest BCUT2D eigenvalue weighted by molar-refractivity contribution is 0.139. The van der Waals surface area contributed by atoms with Crippen LogP contribution in [0.4, 0.5) is 0 Å². The average Bonchev–Trinajstić information content (AvgIpc) is 2.36. The molecule has 0 aliphatic heterocycles. The lowest BCUT2D eigenvalue weighted by atomic mass is 10.2. The van der Waals surface area contributed by atoms with Gasteiger partial charge in [-0.15, -0.1) is 0 Å². The molecule has 90 valence electrons. The van der Waals surface area contributed by atoms with Gasteiger partial charge < -0.3 is 9.30 Å². The molecule has 0 atom stereocenters. The SMILES string of the molecule is CCOCCn1cc(I)c(=O)c2cnccc21. The van der Waals surface area contributed by atoms with Crippen LogP contribution in [0.3, 0.4) is 0 Å². The van der Waals surface area contributed by atoms with Crippen LogP contribution >= 0.6 is 22.6 Å². The van der Waals surface area contributed by atoms with Gasteiger partial charge in [0.25, 0.3) is 0 Å². The van der Waals surface area contributed by atoms with Crippen molar-refractivity contribution in [3.8, 4) is 0 Å². The molecule has 0 unspecified atom stereocenters. The number of pyridine rings is 2. The molecule has 0 aromatic carbocycles. The molecule has 0 radical (unpaired) electrons. The van der Waals surface area contributed by atoms with Crippen molar-refractivity contribution in [3.05, 3.63) is 38.5 Å². The van der Waals surface area contributed by atoms with Crippen molar-refractivity contribution in [3.63, 3.8) is 0 Å². The highest BCUT2D eigenvalue weighted by Gasteiger charge is 2.06. The first-order valence-corrected chi connectivity index (χ1v) is 6.52. The Labute approximate surface area is 113 Å². The maximum absolute atomic E-state index is 11.9. The minimum absolute atomic E-state index is 0.0429. The number of fused-ring (bicyclic) bond motifs is 1. The van der Waals surface area contributed by atoms with Crippen molar-refractivity contribution >= 4 is 33.5 Å². The Morgan fingerprint density at radius 2 is 2.35 bits per heavy atom. The third kappa shape index (κ3) is 2.66. The monoisotopic (exact) mass is 344 g/mol. The number of hydrogen-bond donors (Lipinski definition) is 0. The summed E-state index contributed by atoms with van der Waals surface area (Å²) in [6.45, 7) is 4.06.